The SMILES string of the molecule is O=[N+]([O-])c1ccc(NC2(CO)CC=CC2)c(Cl)c1. The smallest absolute Gasteiger partial charge is 0.271 e. The Morgan fingerprint density at radius 2 is 2.11 bits per heavy atom. The molecule has 0 aliphatic heterocycles. The molecule has 0 fully saturated rings. The molecule has 0 heterocycles. The van der Waals surface area contributed by atoms with Crippen LogP contribution in [-0.4, -0.2) is 22.2 Å². The molecule has 6 heteroatoms. The van der Waals surface area contributed by atoms with E-state index < -0.39 is 10.5 Å². The van der Waals surface area contributed by atoms with Gasteiger partial charge in [-0.3, -0.25) is 10.1 Å². The number of non-ortho nitro benzene ring substituents is 1. The first-order chi connectivity index (χ1) is 8.56. The summed E-state index contributed by atoms with van der Waals surface area (Å²) in [6, 6.07) is 4.26. The molecule has 0 spiro atoms. The highest BCUT2D eigenvalue weighted by atomic mass is 35.5. The summed E-state index contributed by atoms with van der Waals surface area (Å²) in [5.41, 5.74) is 0.105. The van der Waals surface area contributed by atoms with Crippen LogP contribution in [0.5, 0.6) is 0 Å². The molecule has 0 radical (unpaired) electrons. The van der Waals surface area contributed by atoms with Crippen molar-refractivity contribution in [3.05, 3.63) is 45.5 Å². The quantitative estimate of drug-likeness (QED) is 0.500. The largest absolute Gasteiger partial charge is 0.394 e. The number of aliphatic hydroxyl groups excluding tert-OH is 1. The lowest BCUT2D eigenvalue weighted by Gasteiger charge is -2.29. The van der Waals surface area contributed by atoms with Crippen LogP contribution < -0.4 is 5.32 Å². The number of nitro benzene ring substituents is 1. The summed E-state index contributed by atoms with van der Waals surface area (Å²) in [5.74, 6) is 0. The highest BCUT2D eigenvalue weighted by molar-refractivity contribution is 6.33. The van der Waals surface area contributed by atoms with Gasteiger partial charge in [0.1, 0.15) is 0 Å². The summed E-state index contributed by atoms with van der Waals surface area (Å²) in [6.45, 7) is -0.0205. The minimum Gasteiger partial charge on any atom is -0.394 e. The molecule has 1 aromatic rings. The van der Waals surface area contributed by atoms with Crippen LogP contribution in [0.15, 0.2) is 30.4 Å². The van der Waals surface area contributed by atoms with Crippen LogP contribution >= 0.6 is 11.6 Å². The van der Waals surface area contributed by atoms with Crippen LogP contribution in [0.4, 0.5) is 11.4 Å². The normalized spacial score (nSPS) is 16.8. The predicted molar refractivity (Wildman–Crippen MR) is 69.9 cm³/mol. The first-order valence-electron chi connectivity index (χ1n) is 5.54. The van der Waals surface area contributed by atoms with E-state index in [0.717, 1.165) is 0 Å². The zero-order valence-corrected chi connectivity index (χ0v) is 10.4. The fourth-order valence-corrected chi connectivity index (χ4v) is 2.20. The molecule has 2 N–H and O–H groups in total. The second kappa shape index (κ2) is 4.96. The fourth-order valence-electron chi connectivity index (χ4n) is 1.98. The number of halogens is 1. The van der Waals surface area contributed by atoms with Gasteiger partial charge < -0.3 is 10.4 Å². The number of benzene rings is 1. The van der Waals surface area contributed by atoms with Gasteiger partial charge in [-0.15, -0.1) is 0 Å². The van der Waals surface area contributed by atoms with Gasteiger partial charge in [0.15, 0.2) is 0 Å². The van der Waals surface area contributed by atoms with Gasteiger partial charge in [0.2, 0.25) is 0 Å². The van der Waals surface area contributed by atoms with Crippen LogP contribution in [0.25, 0.3) is 0 Å². The minimum absolute atomic E-state index is 0.0205. The van der Waals surface area contributed by atoms with E-state index in [1.165, 1.54) is 12.1 Å². The van der Waals surface area contributed by atoms with Crippen molar-refractivity contribution in [3.63, 3.8) is 0 Å². The summed E-state index contributed by atoms with van der Waals surface area (Å²) >= 11 is 6.00. The van der Waals surface area contributed by atoms with Gasteiger partial charge in [-0.25, -0.2) is 0 Å². The van der Waals surface area contributed by atoms with Gasteiger partial charge in [-0.1, -0.05) is 23.8 Å². The Hall–Kier alpha value is -1.59. The second-order valence-electron chi connectivity index (χ2n) is 4.36. The standard InChI is InChI=1S/C12H13ClN2O3/c13-10-7-9(15(17)18)3-4-11(10)14-12(8-16)5-1-2-6-12/h1-4,7,14,16H,5-6,8H2. The van der Waals surface area contributed by atoms with E-state index in [0.29, 0.717) is 18.5 Å². The van der Waals surface area contributed by atoms with E-state index in [-0.39, 0.29) is 17.3 Å². The summed E-state index contributed by atoms with van der Waals surface area (Å²) in [6.07, 6.45) is 5.39. The molecule has 0 saturated carbocycles. The molecule has 18 heavy (non-hydrogen) atoms. The Morgan fingerprint density at radius 3 is 2.61 bits per heavy atom. The molecule has 1 aromatic carbocycles. The van der Waals surface area contributed by atoms with Crippen LogP contribution in [-0.2, 0) is 0 Å². The van der Waals surface area contributed by atoms with Crippen molar-refractivity contribution in [2.24, 2.45) is 0 Å². The maximum atomic E-state index is 10.6. The van der Waals surface area contributed by atoms with Gasteiger partial charge >= 0.3 is 0 Å². The topological polar surface area (TPSA) is 75.4 Å². The predicted octanol–water partition coefficient (Wildman–Crippen LogP) is 2.74. The van der Waals surface area contributed by atoms with Gasteiger partial charge in [0.25, 0.3) is 5.69 Å². The average molecular weight is 269 g/mol. The highest BCUT2D eigenvalue weighted by Crippen LogP contribution is 2.33. The van der Waals surface area contributed by atoms with E-state index in [1.54, 1.807) is 6.07 Å². The number of aliphatic hydroxyl groups is 1. The summed E-state index contributed by atoms with van der Waals surface area (Å²) < 4.78 is 0. The molecule has 0 amide bonds. The molecule has 0 unspecified atom stereocenters. The van der Waals surface area contributed by atoms with E-state index >= 15 is 0 Å². The van der Waals surface area contributed by atoms with Crippen LogP contribution in [0.3, 0.4) is 0 Å². The maximum absolute atomic E-state index is 10.6. The van der Waals surface area contributed by atoms with Crippen molar-refractivity contribution in [2.45, 2.75) is 18.4 Å². The lowest BCUT2D eigenvalue weighted by molar-refractivity contribution is -0.384. The van der Waals surface area contributed by atoms with Crippen LogP contribution in [0.1, 0.15) is 12.8 Å². The monoisotopic (exact) mass is 268 g/mol. The Morgan fingerprint density at radius 1 is 1.44 bits per heavy atom. The number of hydrogen-bond donors (Lipinski definition) is 2. The van der Waals surface area contributed by atoms with Crippen molar-refractivity contribution in [3.8, 4) is 0 Å². The molecule has 0 aromatic heterocycles. The Balaban J connectivity index is 2.21. The van der Waals surface area contributed by atoms with E-state index in [4.69, 9.17) is 11.6 Å². The Bertz CT molecular complexity index is 494. The van der Waals surface area contributed by atoms with E-state index in [9.17, 15) is 15.2 Å². The van der Waals surface area contributed by atoms with E-state index in [1.807, 2.05) is 12.2 Å². The second-order valence-corrected chi connectivity index (χ2v) is 4.77. The number of hydrogen-bond acceptors (Lipinski definition) is 4. The molecule has 1 aliphatic carbocycles. The van der Waals surface area contributed by atoms with Crippen molar-refractivity contribution in [1.82, 2.24) is 0 Å². The minimum atomic E-state index is -0.491. The molecular formula is C12H13ClN2O3. The number of nitrogens with zero attached hydrogens (tertiary/aromatic N) is 1. The third kappa shape index (κ3) is 2.47. The molecule has 0 bridgehead atoms. The number of nitrogens with one attached hydrogen (secondary N) is 1. The summed E-state index contributed by atoms with van der Waals surface area (Å²) in [4.78, 5) is 10.1. The van der Waals surface area contributed by atoms with Gasteiger partial charge in [0, 0.05) is 12.1 Å². The summed E-state index contributed by atoms with van der Waals surface area (Å²) in [7, 11) is 0. The van der Waals surface area contributed by atoms with Gasteiger partial charge in [-0.05, 0) is 18.9 Å². The first kappa shape index (κ1) is 12.9. The first-order valence-corrected chi connectivity index (χ1v) is 5.92. The van der Waals surface area contributed by atoms with Crippen molar-refractivity contribution >= 4 is 23.0 Å². The molecule has 0 atom stereocenters. The lowest BCUT2D eigenvalue weighted by atomic mass is 9.97. The van der Waals surface area contributed by atoms with Gasteiger partial charge in [0.05, 0.1) is 27.8 Å². The molecule has 1 aliphatic rings. The zero-order chi connectivity index (χ0) is 13.2. The molecule has 2 rings (SSSR count). The van der Waals surface area contributed by atoms with Crippen molar-refractivity contribution in [2.75, 3.05) is 11.9 Å². The number of nitro groups is 1. The van der Waals surface area contributed by atoms with E-state index in [2.05, 4.69) is 5.32 Å². The highest BCUT2D eigenvalue weighted by Gasteiger charge is 2.30. The van der Waals surface area contributed by atoms with Crippen molar-refractivity contribution < 1.29 is 10.0 Å². The fraction of sp³-hybridized carbons (Fsp3) is 0.333. The average Bonchev–Trinajstić information content (AvgIpc) is 2.81. The third-order valence-electron chi connectivity index (χ3n) is 3.05. The molecule has 96 valence electrons. The lowest BCUT2D eigenvalue weighted by Crippen LogP contribution is -2.39. The van der Waals surface area contributed by atoms with Crippen molar-refractivity contribution in [1.29, 1.82) is 0 Å². The summed E-state index contributed by atoms with van der Waals surface area (Å²) in [5, 5.41) is 23.5. The molecule has 5 nitrogen and oxygen atoms in total. The van der Waals surface area contributed by atoms with Crippen LogP contribution in [0.2, 0.25) is 5.02 Å². The zero-order valence-electron chi connectivity index (χ0n) is 9.60. The Kier molecular flexibility index (Phi) is 3.54. The maximum Gasteiger partial charge on any atom is 0.271 e. The van der Waals surface area contributed by atoms with Crippen LogP contribution in [0, 0.1) is 10.1 Å². The molecule has 0 saturated heterocycles. The number of anilines is 1. The Labute approximate surface area is 109 Å². The number of rotatable bonds is 4. The molecular weight excluding hydrogens is 256 g/mol. The van der Waals surface area contributed by atoms with Gasteiger partial charge in [-0.2, -0.15) is 0 Å². The third-order valence-corrected chi connectivity index (χ3v) is 3.36.